The topological polar surface area (TPSA) is 35.9 Å². The monoisotopic (exact) mass is 1130 g/mol. The summed E-state index contributed by atoms with van der Waals surface area (Å²) in [6.45, 7) is 24.4. The number of fused-ring (bicyclic) bond motifs is 4. The molecule has 7 aromatic carbocycles. The van der Waals surface area contributed by atoms with Crippen molar-refractivity contribution in [2.45, 2.75) is 107 Å². The Morgan fingerprint density at radius 3 is 1.92 bits per heavy atom. The zero-order valence-electron chi connectivity index (χ0n) is 52.1. The molecule has 0 aliphatic heterocycles. The van der Waals surface area contributed by atoms with E-state index < -0.39 is 41.7 Å². The van der Waals surface area contributed by atoms with Crippen LogP contribution in [-0.2, 0) is 44.6 Å². The molecule has 10 rings (SSSR count). The molecule has 72 heavy (non-hydrogen) atoms. The van der Waals surface area contributed by atoms with E-state index in [9.17, 15) is 5.48 Å². The summed E-state index contributed by atoms with van der Waals surface area (Å²) in [6.07, 6.45) is 1.88. The molecule has 3 heterocycles. The summed E-state index contributed by atoms with van der Waals surface area (Å²) < 4.78 is 93.5. The predicted octanol–water partition coefficient (Wildman–Crippen LogP) is 16.7. The fourth-order valence-corrected chi connectivity index (χ4v) is 9.19. The number of hydrogen-bond acceptors (Lipinski definition) is 2. The summed E-state index contributed by atoms with van der Waals surface area (Å²) in [6, 6.07) is 43.6. The van der Waals surface area contributed by atoms with Gasteiger partial charge in [0.15, 0.2) is 0 Å². The Kier molecular flexibility index (Phi) is 10.6. The van der Waals surface area contributed by atoms with Crippen LogP contribution >= 0.6 is 0 Å². The van der Waals surface area contributed by atoms with Crippen molar-refractivity contribution < 1.29 is 42.7 Å². The summed E-state index contributed by atoms with van der Waals surface area (Å²) in [5.74, 6) is 1.20. The molecule has 5 nitrogen and oxygen atoms in total. The zero-order valence-corrected chi connectivity index (χ0v) is 45.4. The van der Waals surface area contributed by atoms with E-state index in [1.54, 1.807) is 24.4 Å². The molecule has 3 aromatic heterocycles. The van der Waals surface area contributed by atoms with Crippen LogP contribution in [0.1, 0.15) is 118 Å². The normalized spacial score (nSPS) is 14.6. The summed E-state index contributed by atoms with van der Waals surface area (Å²) in [4.78, 5) is 4.79. The van der Waals surface area contributed by atoms with Crippen molar-refractivity contribution in [3.05, 3.63) is 198 Å². The summed E-state index contributed by atoms with van der Waals surface area (Å²) in [5.41, 5.74) is 7.56. The molecular formula is C66H66N4OPt-2. The molecule has 0 spiro atoms. The van der Waals surface area contributed by atoms with Gasteiger partial charge in [-0.2, -0.15) is 18.2 Å². The maximum atomic E-state index is 9.24. The molecule has 0 bridgehead atoms. The van der Waals surface area contributed by atoms with Crippen molar-refractivity contribution in [1.29, 1.82) is 0 Å². The standard InChI is InChI=1S/C66H66N4O.Pt/c1-63(2,3)41-44-28-31-57-56(34-44)55-30-29-52(40-60(55)70(57)61-35-45(32-33-67-61)42-64(4,5)6)71-51-23-18-22-50(39-51)68-43-69(59-27-17-16-26-58(59)68)62-53(46-20-14-13-15-21-46)24-19-25-54(62)47-36-48(65(7,8)9)38-49(37-47)66(10,11)12;/h13-38H,41-42H2,1-12H3;/q-2;/i13D,14D,15D,20D,21D,41D2,42D2;. The molecule has 0 saturated carbocycles. The molecule has 6 heteroatoms. The van der Waals surface area contributed by atoms with Crippen LogP contribution in [-0.4, -0.2) is 14.1 Å². The third-order valence-electron chi connectivity index (χ3n) is 12.4. The fraction of sp³-hybridized carbons (Fsp3) is 0.273. The van der Waals surface area contributed by atoms with Crippen molar-refractivity contribution in [3.63, 3.8) is 0 Å². The molecular weight excluding hydrogens is 1060 g/mol. The minimum absolute atomic E-state index is 0. The van der Waals surface area contributed by atoms with E-state index in [2.05, 4.69) is 78.2 Å². The van der Waals surface area contributed by atoms with Gasteiger partial charge in [0.25, 0.3) is 6.33 Å². The molecule has 0 atom stereocenters. The van der Waals surface area contributed by atoms with E-state index in [1.165, 1.54) is 0 Å². The van der Waals surface area contributed by atoms with Crippen LogP contribution in [0.4, 0.5) is 0 Å². The number of aromatic nitrogens is 4. The quantitative estimate of drug-likeness (QED) is 0.107. The van der Waals surface area contributed by atoms with Crippen molar-refractivity contribution in [3.8, 4) is 50.9 Å². The van der Waals surface area contributed by atoms with Gasteiger partial charge in [0.2, 0.25) is 0 Å². The minimum Gasteiger partial charge on any atom is -0.510 e. The summed E-state index contributed by atoms with van der Waals surface area (Å²) in [5, 5.41) is 1.56. The van der Waals surface area contributed by atoms with Crippen LogP contribution in [0.3, 0.4) is 0 Å². The second kappa shape index (κ2) is 19.1. The number of pyridine rings is 1. The second-order valence-electron chi connectivity index (χ2n) is 22.6. The van der Waals surface area contributed by atoms with Crippen molar-refractivity contribution in [2.24, 2.45) is 10.8 Å². The maximum Gasteiger partial charge on any atom is 0.268 e. The Hall–Kier alpha value is -6.55. The smallest absolute Gasteiger partial charge is 0.268 e. The number of imidazole rings is 1. The Balaban J connectivity index is 0.00000792. The molecule has 0 N–H and O–H groups in total. The van der Waals surface area contributed by atoms with E-state index in [0.29, 0.717) is 50.9 Å². The van der Waals surface area contributed by atoms with Gasteiger partial charge < -0.3 is 13.9 Å². The molecule has 10 aromatic rings. The summed E-state index contributed by atoms with van der Waals surface area (Å²) >= 11 is 0. The van der Waals surface area contributed by atoms with Gasteiger partial charge in [-0.15, -0.1) is 29.7 Å². The van der Waals surface area contributed by atoms with Gasteiger partial charge in [-0.3, -0.25) is 4.57 Å². The fourth-order valence-electron chi connectivity index (χ4n) is 9.19. The molecule has 0 radical (unpaired) electrons. The average Bonchev–Trinajstić information content (AvgIpc) is 3.95. The van der Waals surface area contributed by atoms with E-state index in [-0.39, 0.29) is 49.5 Å². The first kappa shape index (κ1) is 40.0. The number of ether oxygens (including phenoxy) is 1. The summed E-state index contributed by atoms with van der Waals surface area (Å²) in [7, 11) is 0. The molecule has 0 aliphatic carbocycles. The second-order valence-corrected chi connectivity index (χ2v) is 22.6. The molecule has 0 saturated heterocycles. The molecule has 0 amide bonds. The first-order valence-corrected chi connectivity index (χ1v) is 24.3. The molecule has 0 unspecified atom stereocenters. The van der Waals surface area contributed by atoms with Gasteiger partial charge in [-0.1, -0.05) is 192 Å². The van der Waals surface area contributed by atoms with Gasteiger partial charge in [0.1, 0.15) is 5.82 Å². The third-order valence-corrected chi connectivity index (χ3v) is 12.4. The Labute approximate surface area is 454 Å². The number of para-hydroxylation sites is 3. The Morgan fingerprint density at radius 1 is 0.597 bits per heavy atom. The van der Waals surface area contributed by atoms with E-state index >= 15 is 0 Å². The average molecular weight is 1140 g/mol. The number of hydrogen-bond donors (Lipinski definition) is 0. The predicted molar refractivity (Wildman–Crippen MR) is 295 cm³/mol. The first-order chi connectivity index (χ1) is 37.3. The van der Waals surface area contributed by atoms with Gasteiger partial charge in [-0.05, 0) is 108 Å². The third kappa shape index (κ3) is 10.4. The largest absolute Gasteiger partial charge is 0.510 e. The van der Waals surface area contributed by atoms with Crippen LogP contribution in [0.2, 0.25) is 0 Å². The van der Waals surface area contributed by atoms with E-state index in [4.69, 9.17) is 16.6 Å². The van der Waals surface area contributed by atoms with Gasteiger partial charge in [-0.25, -0.2) is 4.98 Å². The van der Waals surface area contributed by atoms with Crippen LogP contribution in [0.15, 0.2) is 158 Å². The minimum atomic E-state index is -1.70. The SMILES string of the molecule is [2H]c1c([2H])c([2H])c(-c2cccc(-c3cc(C(C)(C)C)cc(C(C)(C)C)c3)c2-[n+]2[c-]n(-c3[c-]c(Oc4[c-]c5c(cc4)c4cc(C([2H])([2H])C(C)(C)C)ccc4n5-c4cc(C([2H])([2H])C(C)(C)C)ccn4)ccc3)c3ccccc32)c([2H])c1[2H].[Pt]. The van der Waals surface area contributed by atoms with Gasteiger partial charge in [0, 0.05) is 49.8 Å². The Bertz CT molecular complexity index is 4050. The molecule has 368 valence electrons. The Morgan fingerprint density at radius 2 is 1.24 bits per heavy atom. The van der Waals surface area contributed by atoms with Crippen LogP contribution < -0.4 is 9.30 Å². The number of nitrogens with zero attached hydrogens (tertiary/aromatic N) is 4. The van der Waals surface area contributed by atoms with Gasteiger partial charge >= 0.3 is 0 Å². The van der Waals surface area contributed by atoms with Crippen LogP contribution in [0, 0.1) is 29.3 Å². The zero-order chi connectivity index (χ0) is 58.0. The van der Waals surface area contributed by atoms with Crippen molar-refractivity contribution in [1.82, 2.24) is 14.1 Å². The number of rotatable bonds is 9. The molecule has 0 aliphatic rings. The van der Waals surface area contributed by atoms with E-state index in [1.807, 2.05) is 140 Å². The molecule has 0 fully saturated rings. The maximum absolute atomic E-state index is 9.24. The first-order valence-electron chi connectivity index (χ1n) is 28.8. The van der Waals surface area contributed by atoms with Crippen LogP contribution in [0.25, 0.3) is 72.3 Å². The van der Waals surface area contributed by atoms with Crippen molar-refractivity contribution >= 4 is 32.8 Å². The van der Waals surface area contributed by atoms with E-state index in [0.717, 1.165) is 49.6 Å². The number of benzene rings is 7. The van der Waals surface area contributed by atoms with Crippen LogP contribution in [0.5, 0.6) is 11.5 Å². The van der Waals surface area contributed by atoms with Gasteiger partial charge in [0.05, 0.1) is 23.6 Å². The van der Waals surface area contributed by atoms with Crippen molar-refractivity contribution in [2.75, 3.05) is 0 Å².